The van der Waals surface area contributed by atoms with Crippen LogP contribution in [0.4, 0.5) is 0 Å². The third kappa shape index (κ3) is 2.26. The van der Waals surface area contributed by atoms with Gasteiger partial charge in [-0.1, -0.05) is 6.07 Å². The van der Waals surface area contributed by atoms with E-state index in [9.17, 15) is 0 Å². The monoisotopic (exact) mass is 193 g/mol. The van der Waals surface area contributed by atoms with Crippen molar-refractivity contribution in [2.75, 3.05) is 21.2 Å². The summed E-state index contributed by atoms with van der Waals surface area (Å²) in [5.74, 6) is 0.988. The highest BCUT2D eigenvalue weighted by Gasteiger charge is 2.08. The SMILES string of the molecule is COc1ccc(C)c(C)c1CN(C)C. The zero-order chi connectivity index (χ0) is 10.7. The van der Waals surface area contributed by atoms with E-state index in [0.717, 1.165) is 12.3 Å². The maximum Gasteiger partial charge on any atom is 0.123 e. The van der Waals surface area contributed by atoms with Crippen LogP contribution in [0.3, 0.4) is 0 Å². The molecule has 0 saturated carbocycles. The average molecular weight is 193 g/mol. The first-order valence-corrected chi connectivity index (χ1v) is 4.84. The van der Waals surface area contributed by atoms with E-state index in [2.05, 4.69) is 38.9 Å². The lowest BCUT2D eigenvalue weighted by Gasteiger charge is -2.17. The molecule has 0 aromatic heterocycles. The van der Waals surface area contributed by atoms with Crippen molar-refractivity contribution < 1.29 is 4.74 Å². The summed E-state index contributed by atoms with van der Waals surface area (Å²) in [6.07, 6.45) is 0. The third-order valence-electron chi connectivity index (χ3n) is 2.52. The fourth-order valence-corrected chi connectivity index (χ4v) is 1.55. The van der Waals surface area contributed by atoms with Gasteiger partial charge in [0.1, 0.15) is 5.75 Å². The van der Waals surface area contributed by atoms with Crippen molar-refractivity contribution in [3.05, 3.63) is 28.8 Å². The Balaban J connectivity index is 3.14. The molecule has 0 fully saturated rings. The molecule has 78 valence electrons. The molecule has 0 saturated heterocycles. The lowest BCUT2D eigenvalue weighted by Crippen LogP contribution is -2.13. The van der Waals surface area contributed by atoms with E-state index in [-0.39, 0.29) is 0 Å². The molecule has 1 aromatic carbocycles. The molecule has 0 N–H and O–H groups in total. The van der Waals surface area contributed by atoms with Crippen LogP contribution in [-0.2, 0) is 6.54 Å². The fraction of sp³-hybridized carbons (Fsp3) is 0.500. The Kier molecular flexibility index (Phi) is 3.53. The Morgan fingerprint density at radius 1 is 1.21 bits per heavy atom. The molecule has 0 bridgehead atoms. The van der Waals surface area contributed by atoms with Crippen molar-refractivity contribution in [1.29, 1.82) is 0 Å². The average Bonchev–Trinajstić information content (AvgIpc) is 2.13. The summed E-state index contributed by atoms with van der Waals surface area (Å²) in [4.78, 5) is 2.16. The Hall–Kier alpha value is -1.02. The van der Waals surface area contributed by atoms with Gasteiger partial charge in [0.15, 0.2) is 0 Å². The largest absolute Gasteiger partial charge is 0.496 e. The smallest absolute Gasteiger partial charge is 0.123 e. The van der Waals surface area contributed by atoms with Crippen molar-refractivity contribution >= 4 is 0 Å². The van der Waals surface area contributed by atoms with Crippen molar-refractivity contribution in [2.24, 2.45) is 0 Å². The van der Waals surface area contributed by atoms with Crippen LogP contribution in [0.2, 0.25) is 0 Å². The summed E-state index contributed by atoms with van der Waals surface area (Å²) in [6.45, 7) is 5.21. The summed E-state index contributed by atoms with van der Waals surface area (Å²) < 4.78 is 5.36. The summed E-state index contributed by atoms with van der Waals surface area (Å²) in [6, 6.07) is 4.15. The van der Waals surface area contributed by atoms with Gasteiger partial charge in [-0.15, -0.1) is 0 Å². The maximum absolute atomic E-state index is 5.36. The molecular weight excluding hydrogens is 174 g/mol. The molecule has 1 rings (SSSR count). The highest BCUT2D eigenvalue weighted by atomic mass is 16.5. The molecule has 0 spiro atoms. The van der Waals surface area contributed by atoms with E-state index >= 15 is 0 Å². The fourth-order valence-electron chi connectivity index (χ4n) is 1.55. The Morgan fingerprint density at radius 3 is 2.36 bits per heavy atom. The molecule has 0 heterocycles. The van der Waals surface area contributed by atoms with Crippen molar-refractivity contribution in [3.8, 4) is 5.75 Å². The second-order valence-electron chi connectivity index (χ2n) is 3.93. The van der Waals surface area contributed by atoms with E-state index in [0.29, 0.717) is 0 Å². The number of nitrogens with zero attached hydrogens (tertiary/aromatic N) is 1. The minimum absolute atomic E-state index is 0.927. The molecule has 2 nitrogen and oxygen atoms in total. The van der Waals surface area contributed by atoms with E-state index in [1.165, 1.54) is 16.7 Å². The summed E-state index contributed by atoms with van der Waals surface area (Å²) in [5, 5.41) is 0. The van der Waals surface area contributed by atoms with Crippen LogP contribution >= 0.6 is 0 Å². The van der Waals surface area contributed by atoms with Crippen molar-refractivity contribution in [1.82, 2.24) is 4.90 Å². The van der Waals surface area contributed by atoms with Crippen LogP contribution in [0.5, 0.6) is 5.75 Å². The zero-order valence-electron chi connectivity index (χ0n) is 9.72. The number of methoxy groups -OCH3 is 1. The van der Waals surface area contributed by atoms with E-state index < -0.39 is 0 Å². The molecule has 0 atom stereocenters. The van der Waals surface area contributed by atoms with Gasteiger partial charge < -0.3 is 9.64 Å². The molecule has 1 aromatic rings. The second-order valence-corrected chi connectivity index (χ2v) is 3.93. The Bertz CT molecular complexity index is 318. The van der Waals surface area contributed by atoms with E-state index in [1.54, 1.807) is 7.11 Å². The van der Waals surface area contributed by atoms with Crippen LogP contribution in [0.15, 0.2) is 12.1 Å². The molecule has 0 aliphatic carbocycles. The van der Waals surface area contributed by atoms with Crippen LogP contribution in [-0.4, -0.2) is 26.1 Å². The first kappa shape index (κ1) is 11.1. The van der Waals surface area contributed by atoms with Gasteiger partial charge in [-0.3, -0.25) is 0 Å². The van der Waals surface area contributed by atoms with Crippen molar-refractivity contribution in [2.45, 2.75) is 20.4 Å². The number of benzene rings is 1. The van der Waals surface area contributed by atoms with Gasteiger partial charge in [0.25, 0.3) is 0 Å². The van der Waals surface area contributed by atoms with Gasteiger partial charge in [-0.25, -0.2) is 0 Å². The van der Waals surface area contributed by atoms with Crippen LogP contribution in [0, 0.1) is 13.8 Å². The quantitative estimate of drug-likeness (QED) is 0.730. The van der Waals surface area contributed by atoms with Gasteiger partial charge in [-0.05, 0) is 45.1 Å². The number of hydrogen-bond acceptors (Lipinski definition) is 2. The van der Waals surface area contributed by atoms with Gasteiger partial charge >= 0.3 is 0 Å². The van der Waals surface area contributed by atoms with Crippen LogP contribution < -0.4 is 4.74 Å². The highest BCUT2D eigenvalue weighted by molar-refractivity contribution is 5.43. The maximum atomic E-state index is 5.36. The van der Waals surface area contributed by atoms with Gasteiger partial charge in [0.2, 0.25) is 0 Å². The van der Waals surface area contributed by atoms with Crippen LogP contribution in [0.25, 0.3) is 0 Å². The van der Waals surface area contributed by atoms with E-state index in [1.807, 2.05) is 6.07 Å². The Labute approximate surface area is 86.5 Å². The number of aryl methyl sites for hydroxylation is 1. The number of hydrogen-bond donors (Lipinski definition) is 0. The summed E-state index contributed by atoms with van der Waals surface area (Å²) in [5.41, 5.74) is 3.94. The van der Waals surface area contributed by atoms with E-state index in [4.69, 9.17) is 4.74 Å². The summed E-state index contributed by atoms with van der Waals surface area (Å²) in [7, 11) is 5.87. The minimum Gasteiger partial charge on any atom is -0.496 e. The van der Waals surface area contributed by atoms with Gasteiger partial charge in [0.05, 0.1) is 7.11 Å². The Morgan fingerprint density at radius 2 is 1.86 bits per heavy atom. The lowest BCUT2D eigenvalue weighted by molar-refractivity contribution is 0.370. The topological polar surface area (TPSA) is 12.5 Å². The molecular formula is C12H19NO. The molecule has 0 aliphatic heterocycles. The molecule has 0 radical (unpaired) electrons. The predicted octanol–water partition coefficient (Wildman–Crippen LogP) is 2.37. The standard InChI is InChI=1S/C12H19NO/c1-9-6-7-12(14-5)11(10(9)2)8-13(3)4/h6-7H,8H2,1-5H3. The first-order chi connectivity index (χ1) is 6.56. The summed E-state index contributed by atoms with van der Waals surface area (Å²) >= 11 is 0. The van der Waals surface area contributed by atoms with Gasteiger partial charge in [0, 0.05) is 12.1 Å². The lowest BCUT2D eigenvalue weighted by atomic mass is 10.0. The number of ether oxygens (including phenoxy) is 1. The molecule has 0 unspecified atom stereocenters. The minimum atomic E-state index is 0.927. The zero-order valence-corrected chi connectivity index (χ0v) is 9.72. The van der Waals surface area contributed by atoms with Crippen LogP contribution in [0.1, 0.15) is 16.7 Å². The third-order valence-corrected chi connectivity index (χ3v) is 2.52. The normalized spacial score (nSPS) is 10.7. The van der Waals surface area contributed by atoms with Crippen molar-refractivity contribution in [3.63, 3.8) is 0 Å². The predicted molar refractivity (Wildman–Crippen MR) is 59.9 cm³/mol. The highest BCUT2D eigenvalue weighted by Crippen LogP contribution is 2.25. The molecule has 14 heavy (non-hydrogen) atoms. The molecule has 2 heteroatoms. The first-order valence-electron chi connectivity index (χ1n) is 4.84. The van der Waals surface area contributed by atoms with Gasteiger partial charge in [-0.2, -0.15) is 0 Å². The number of rotatable bonds is 3. The molecule has 0 aliphatic rings. The second kappa shape index (κ2) is 4.47. The molecule has 0 amide bonds.